The molecule has 114 valence electrons. The molecule has 2 heterocycles. The summed E-state index contributed by atoms with van der Waals surface area (Å²) in [7, 11) is 4.37. The van der Waals surface area contributed by atoms with Crippen molar-refractivity contribution in [1.82, 2.24) is 15.2 Å². The number of aromatic nitrogens is 1. The third-order valence-corrected chi connectivity index (χ3v) is 5.04. The molecule has 1 aliphatic heterocycles. The van der Waals surface area contributed by atoms with E-state index in [1.54, 1.807) is 11.3 Å². The van der Waals surface area contributed by atoms with E-state index in [0.29, 0.717) is 6.04 Å². The summed E-state index contributed by atoms with van der Waals surface area (Å²) in [5, 5.41) is 6.91. The molecule has 5 heteroatoms. The molecule has 0 aliphatic carbocycles. The second kappa shape index (κ2) is 7.38. The van der Waals surface area contributed by atoms with Gasteiger partial charge in [0, 0.05) is 30.6 Å². The van der Waals surface area contributed by atoms with Crippen molar-refractivity contribution in [2.45, 2.75) is 45.2 Å². The fourth-order valence-electron chi connectivity index (χ4n) is 2.66. The maximum atomic E-state index is 4.82. The Bertz CT molecular complexity index is 396. The number of hydrogen-bond donors (Lipinski definition) is 1. The Balaban J connectivity index is 1.89. The van der Waals surface area contributed by atoms with Gasteiger partial charge in [-0.1, -0.05) is 6.92 Å². The summed E-state index contributed by atoms with van der Waals surface area (Å²) in [6.07, 6.45) is 3.65. The van der Waals surface area contributed by atoms with Gasteiger partial charge in [0.25, 0.3) is 0 Å². The molecule has 1 aromatic rings. The van der Waals surface area contributed by atoms with Crippen molar-refractivity contribution in [1.29, 1.82) is 0 Å². The van der Waals surface area contributed by atoms with E-state index in [1.165, 1.54) is 30.1 Å². The van der Waals surface area contributed by atoms with E-state index in [0.717, 1.165) is 25.7 Å². The third-order valence-electron chi connectivity index (χ3n) is 4.12. The predicted octanol–water partition coefficient (Wildman–Crippen LogP) is 2.73. The Hall–Kier alpha value is -0.650. The number of rotatable bonds is 6. The van der Waals surface area contributed by atoms with Crippen molar-refractivity contribution < 1.29 is 0 Å². The molecule has 4 nitrogen and oxygen atoms in total. The lowest BCUT2D eigenvalue weighted by atomic mass is 10.0. The van der Waals surface area contributed by atoms with Gasteiger partial charge in [-0.25, -0.2) is 4.98 Å². The molecule has 0 saturated carbocycles. The molecular weight excluding hydrogens is 268 g/mol. The van der Waals surface area contributed by atoms with Gasteiger partial charge in [0.05, 0.1) is 5.69 Å². The van der Waals surface area contributed by atoms with Crippen LogP contribution in [0.5, 0.6) is 0 Å². The highest BCUT2D eigenvalue weighted by molar-refractivity contribution is 7.13. The maximum absolute atomic E-state index is 4.82. The summed E-state index contributed by atoms with van der Waals surface area (Å²) < 4.78 is 0. The van der Waals surface area contributed by atoms with Crippen LogP contribution in [0.4, 0.5) is 5.13 Å². The van der Waals surface area contributed by atoms with Crippen LogP contribution >= 0.6 is 11.3 Å². The average molecular weight is 296 g/mol. The van der Waals surface area contributed by atoms with Gasteiger partial charge in [-0.2, -0.15) is 0 Å². The monoisotopic (exact) mass is 296 g/mol. The van der Waals surface area contributed by atoms with E-state index >= 15 is 0 Å². The van der Waals surface area contributed by atoms with E-state index in [1.807, 2.05) is 0 Å². The lowest BCUT2D eigenvalue weighted by Crippen LogP contribution is -2.42. The first-order valence-electron chi connectivity index (χ1n) is 7.72. The van der Waals surface area contributed by atoms with Crippen molar-refractivity contribution in [2.24, 2.45) is 0 Å². The van der Waals surface area contributed by atoms with E-state index in [4.69, 9.17) is 4.98 Å². The van der Waals surface area contributed by atoms with Crippen LogP contribution in [0.25, 0.3) is 0 Å². The van der Waals surface area contributed by atoms with Crippen LogP contribution in [-0.2, 0) is 0 Å². The van der Waals surface area contributed by atoms with Gasteiger partial charge in [-0.3, -0.25) is 0 Å². The first-order valence-corrected chi connectivity index (χ1v) is 8.60. The van der Waals surface area contributed by atoms with Crippen molar-refractivity contribution in [2.75, 3.05) is 38.6 Å². The van der Waals surface area contributed by atoms with Gasteiger partial charge in [0.2, 0.25) is 0 Å². The lowest BCUT2D eigenvalue weighted by Gasteiger charge is -2.35. The average Bonchev–Trinajstić information content (AvgIpc) is 2.94. The minimum atomic E-state index is 0.360. The van der Waals surface area contributed by atoms with Crippen LogP contribution in [0.1, 0.15) is 44.8 Å². The van der Waals surface area contributed by atoms with Gasteiger partial charge in [-0.15, -0.1) is 11.3 Å². The third kappa shape index (κ3) is 3.93. The molecule has 2 rings (SSSR count). The number of nitrogens with one attached hydrogen (secondary N) is 1. The summed E-state index contributed by atoms with van der Waals surface area (Å²) in [5.41, 5.74) is 1.19. The largest absolute Gasteiger partial charge is 0.348 e. The highest BCUT2D eigenvalue weighted by Gasteiger charge is 2.22. The molecule has 1 atom stereocenters. The first-order chi connectivity index (χ1) is 9.61. The summed E-state index contributed by atoms with van der Waals surface area (Å²) in [6.45, 7) is 7.72. The van der Waals surface area contributed by atoms with Gasteiger partial charge < -0.3 is 15.1 Å². The Morgan fingerprint density at radius 1 is 1.45 bits per heavy atom. The molecule has 0 aromatic carbocycles. The van der Waals surface area contributed by atoms with E-state index in [9.17, 15) is 0 Å². The minimum absolute atomic E-state index is 0.360. The zero-order chi connectivity index (χ0) is 14.5. The summed E-state index contributed by atoms with van der Waals surface area (Å²) >= 11 is 1.79. The SMILES string of the molecule is CCCNC(C)c1csc(N2CCC(N(C)C)CC2)n1. The highest BCUT2D eigenvalue weighted by Crippen LogP contribution is 2.27. The van der Waals surface area contributed by atoms with Crippen LogP contribution in [0.15, 0.2) is 5.38 Å². The molecule has 1 saturated heterocycles. The fraction of sp³-hybridized carbons (Fsp3) is 0.800. The number of piperidine rings is 1. The van der Waals surface area contributed by atoms with Gasteiger partial charge in [0.15, 0.2) is 5.13 Å². The Labute approximate surface area is 127 Å². The van der Waals surface area contributed by atoms with Crippen molar-refractivity contribution in [3.8, 4) is 0 Å². The van der Waals surface area contributed by atoms with Crippen LogP contribution in [0, 0.1) is 0 Å². The van der Waals surface area contributed by atoms with Gasteiger partial charge in [-0.05, 0) is 46.8 Å². The molecule has 1 aliphatic rings. The van der Waals surface area contributed by atoms with Crippen molar-refractivity contribution in [3.05, 3.63) is 11.1 Å². The molecule has 0 radical (unpaired) electrons. The number of thiazole rings is 1. The normalized spacial score (nSPS) is 18.8. The molecule has 1 fully saturated rings. The quantitative estimate of drug-likeness (QED) is 0.874. The van der Waals surface area contributed by atoms with Crippen LogP contribution in [0.3, 0.4) is 0 Å². The second-order valence-corrected chi connectivity index (χ2v) is 6.75. The standard InChI is InChI=1S/C15H28N4S/c1-5-8-16-12(2)14-11-20-15(17-14)19-9-6-13(7-10-19)18(3)4/h11-13,16H,5-10H2,1-4H3. The predicted molar refractivity (Wildman–Crippen MR) is 87.7 cm³/mol. The van der Waals surface area contributed by atoms with E-state index in [2.05, 4.69) is 48.4 Å². The van der Waals surface area contributed by atoms with E-state index < -0.39 is 0 Å². The number of hydrogen-bond acceptors (Lipinski definition) is 5. The van der Waals surface area contributed by atoms with Gasteiger partial charge >= 0.3 is 0 Å². The van der Waals surface area contributed by atoms with Gasteiger partial charge in [0.1, 0.15) is 0 Å². The zero-order valence-corrected chi connectivity index (χ0v) is 14.0. The van der Waals surface area contributed by atoms with Crippen LogP contribution < -0.4 is 10.2 Å². The Morgan fingerprint density at radius 3 is 2.75 bits per heavy atom. The van der Waals surface area contributed by atoms with Crippen molar-refractivity contribution >= 4 is 16.5 Å². The topological polar surface area (TPSA) is 31.4 Å². The molecule has 0 amide bonds. The lowest BCUT2D eigenvalue weighted by molar-refractivity contribution is 0.249. The summed E-state index contributed by atoms with van der Waals surface area (Å²) in [4.78, 5) is 9.62. The molecule has 0 spiro atoms. The maximum Gasteiger partial charge on any atom is 0.185 e. The Kier molecular flexibility index (Phi) is 5.81. The molecule has 1 aromatic heterocycles. The second-order valence-electron chi connectivity index (χ2n) is 5.91. The first kappa shape index (κ1) is 15.7. The molecule has 1 unspecified atom stereocenters. The minimum Gasteiger partial charge on any atom is -0.348 e. The van der Waals surface area contributed by atoms with Crippen molar-refractivity contribution in [3.63, 3.8) is 0 Å². The highest BCUT2D eigenvalue weighted by atomic mass is 32.1. The summed E-state index contributed by atoms with van der Waals surface area (Å²) in [6, 6.07) is 1.09. The molecule has 0 bridgehead atoms. The fourth-order valence-corrected chi connectivity index (χ4v) is 3.63. The molecular formula is C15H28N4S. The molecule has 1 N–H and O–H groups in total. The Morgan fingerprint density at radius 2 is 2.15 bits per heavy atom. The van der Waals surface area contributed by atoms with E-state index in [-0.39, 0.29) is 0 Å². The number of nitrogens with zero attached hydrogens (tertiary/aromatic N) is 3. The smallest absolute Gasteiger partial charge is 0.185 e. The summed E-state index contributed by atoms with van der Waals surface area (Å²) in [5.74, 6) is 0. The van der Waals surface area contributed by atoms with Crippen LogP contribution in [0.2, 0.25) is 0 Å². The number of anilines is 1. The zero-order valence-electron chi connectivity index (χ0n) is 13.2. The molecule has 20 heavy (non-hydrogen) atoms. The van der Waals surface area contributed by atoms with Crippen LogP contribution in [-0.4, -0.2) is 49.7 Å².